The standard InChI is InChI=1S/C12H16N2O3/c1-12(2,3)17-11(16)14-6-9(7-15)13-10(14)8-4-5-8/h6-8H,4-5H2,1-3H3. The van der Waals surface area contributed by atoms with Gasteiger partial charge in [-0.15, -0.1) is 0 Å². The third-order valence-electron chi connectivity index (χ3n) is 2.41. The molecule has 1 aromatic heterocycles. The van der Waals surface area contributed by atoms with Crippen LogP contribution in [0.3, 0.4) is 0 Å². The van der Waals surface area contributed by atoms with Gasteiger partial charge in [0, 0.05) is 12.1 Å². The molecular formula is C12H16N2O3. The van der Waals surface area contributed by atoms with Crippen LogP contribution in [0.5, 0.6) is 0 Å². The van der Waals surface area contributed by atoms with Crippen molar-refractivity contribution in [2.75, 3.05) is 0 Å². The molecule has 0 radical (unpaired) electrons. The fourth-order valence-corrected chi connectivity index (χ4v) is 1.56. The predicted octanol–water partition coefficient (Wildman–Crippen LogP) is 2.36. The van der Waals surface area contributed by atoms with Crippen LogP contribution < -0.4 is 0 Å². The smallest absolute Gasteiger partial charge is 0.420 e. The Morgan fingerprint density at radius 1 is 1.53 bits per heavy atom. The van der Waals surface area contributed by atoms with Gasteiger partial charge in [0.15, 0.2) is 6.29 Å². The lowest BCUT2D eigenvalue weighted by atomic mass is 10.2. The molecule has 17 heavy (non-hydrogen) atoms. The SMILES string of the molecule is CC(C)(C)OC(=O)n1cc(C=O)nc1C1CC1. The van der Waals surface area contributed by atoms with Gasteiger partial charge in [0.05, 0.1) is 0 Å². The number of aromatic nitrogens is 2. The van der Waals surface area contributed by atoms with Crippen molar-refractivity contribution in [2.24, 2.45) is 0 Å². The second kappa shape index (κ2) is 3.98. The molecule has 5 heteroatoms. The van der Waals surface area contributed by atoms with E-state index in [0.717, 1.165) is 12.8 Å². The molecule has 0 saturated heterocycles. The molecule has 1 aliphatic rings. The van der Waals surface area contributed by atoms with Crippen LogP contribution in [0.2, 0.25) is 0 Å². The largest absolute Gasteiger partial charge is 0.443 e. The highest BCUT2D eigenvalue weighted by Crippen LogP contribution is 2.39. The van der Waals surface area contributed by atoms with E-state index in [1.54, 1.807) is 20.8 Å². The van der Waals surface area contributed by atoms with Crippen LogP contribution in [0.15, 0.2) is 6.20 Å². The van der Waals surface area contributed by atoms with E-state index in [4.69, 9.17) is 4.74 Å². The van der Waals surface area contributed by atoms with Gasteiger partial charge in [-0.3, -0.25) is 4.79 Å². The summed E-state index contributed by atoms with van der Waals surface area (Å²) in [5.41, 5.74) is -0.276. The van der Waals surface area contributed by atoms with Crippen molar-refractivity contribution in [1.29, 1.82) is 0 Å². The highest BCUT2D eigenvalue weighted by atomic mass is 16.6. The van der Waals surface area contributed by atoms with Crippen molar-refractivity contribution in [2.45, 2.75) is 45.1 Å². The average Bonchev–Trinajstić information content (AvgIpc) is 2.95. The first-order chi connectivity index (χ1) is 7.90. The minimum Gasteiger partial charge on any atom is -0.443 e. The molecule has 2 rings (SSSR count). The van der Waals surface area contributed by atoms with E-state index in [9.17, 15) is 9.59 Å². The van der Waals surface area contributed by atoms with Gasteiger partial charge in [-0.25, -0.2) is 14.3 Å². The molecule has 1 aromatic rings. The summed E-state index contributed by atoms with van der Waals surface area (Å²) in [6.45, 7) is 5.41. The summed E-state index contributed by atoms with van der Waals surface area (Å²) in [6.07, 6.45) is 3.64. The van der Waals surface area contributed by atoms with Gasteiger partial charge < -0.3 is 4.74 Å². The van der Waals surface area contributed by atoms with Crippen LogP contribution in [0, 0.1) is 0 Å². The van der Waals surface area contributed by atoms with Crippen molar-refractivity contribution in [3.8, 4) is 0 Å². The van der Waals surface area contributed by atoms with E-state index in [1.807, 2.05) is 0 Å². The van der Waals surface area contributed by atoms with Crippen molar-refractivity contribution >= 4 is 12.4 Å². The number of imidazole rings is 1. The number of nitrogens with zero attached hydrogens (tertiary/aromatic N) is 2. The molecule has 0 spiro atoms. The molecule has 0 amide bonds. The van der Waals surface area contributed by atoms with Crippen LogP contribution in [-0.4, -0.2) is 27.5 Å². The normalized spacial score (nSPS) is 15.7. The van der Waals surface area contributed by atoms with Crippen molar-refractivity contribution < 1.29 is 14.3 Å². The highest BCUT2D eigenvalue weighted by molar-refractivity contribution is 5.77. The Bertz CT molecular complexity index is 453. The zero-order chi connectivity index (χ0) is 12.6. The number of aldehydes is 1. The molecule has 92 valence electrons. The van der Waals surface area contributed by atoms with Gasteiger partial charge in [0.25, 0.3) is 0 Å². The Hall–Kier alpha value is -1.65. The number of ether oxygens (including phenoxy) is 1. The summed E-state index contributed by atoms with van der Waals surface area (Å²) in [5, 5.41) is 0. The minimum atomic E-state index is -0.552. The Balaban J connectivity index is 2.27. The third-order valence-corrected chi connectivity index (χ3v) is 2.41. The molecule has 0 unspecified atom stereocenters. The van der Waals surface area contributed by atoms with Gasteiger partial charge in [-0.1, -0.05) is 0 Å². The second-order valence-electron chi connectivity index (χ2n) is 5.27. The lowest BCUT2D eigenvalue weighted by molar-refractivity contribution is 0.0531. The molecule has 0 atom stereocenters. The Morgan fingerprint density at radius 3 is 2.65 bits per heavy atom. The van der Waals surface area contributed by atoms with E-state index in [0.29, 0.717) is 12.1 Å². The minimum absolute atomic E-state index is 0.276. The molecule has 1 aliphatic carbocycles. The van der Waals surface area contributed by atoms with Gasteiger partial charge in [0.2, 0.25) is 0 Å². The second-order valence-corrected chi connectivity index (χ2v) is 5.27. The number of hydrogen-bond donors (Lipinski definition) is 0. The fraction of sp³-hybridized carbons (Fsp3) is 0.583. The summed E-state index contributed by atoms with van der Waals surface area (Å²) in [4.78, 5) is 26.8. The van der Waals surface area contributed by atoms with Gasteiger partial charge in [-0.2, -0.15) is 0 Å². The first-order valence-electron chi connectivity index (χ1n) is 5.68. The highest BCUT2D eigenvalue weighted by Gasteiger charge is 2.32. The zero-order valence-corrected chi connectivity index (χ0v) is 10.3. The maximum absolute atomic E-state index is 11.9. The Kier molecular flexibility index (Phi) is 2.77. The monoisotopic (exact) mass is 236 g/mol. The molecule has 0 N–H and O–H groups in total. The van der Waals surface area contributed by atoms with Gasteiger partial charge >= 0.3 is 6.09 Å². The summed E-state index contributed by atoms with van der Waals surface area (Å²) in [7, 11) is 0. The van der Waals surface area contributed by atoms with E-state index >= 15 is 0 Å². The topological polar surface area (TPSA) is 61.2 Å². The van der Waals surface area contributed by atoms with Crippen LogP contribution in [0.1, 0.15) is 55.8 Å². The summed E-state index contributed by atoms with van der Waals surface area (Å²) in [6, 6.07) is 0. The van der Waals surface area contributed by atoms with Crippen molar-refractivity contribution in [3.05, 3.63) is 17.7 Å². The zero-order valence-electron chi connectivity index (χ0n) is 10.3. The molecule has 1 heterocycles. The molecule has 1 fully saturated rings. The summed E-state index contributed by atoms with van der Waals surface area (Å²) >= 11 is 0. The number of carbonyl (C=O) groups excluding carboxylic acids is 2. The molecule has 1 saturated carbocycles. The number of carbonyl (C=O) groups is 2. The quantitative estimate of drug-likeness (QED) is 0.739. The lowest BCUT2D eigenvalue weighted by Gasteiger charge is -2.19. The van der Waals surface area contributed by atoms with Crippen LogP contribution in [0.4, 0.5) is 4.79 Å². The van der Waals surface area contributed by atoms with E-state index in [-0.39, 0.29) is 11.6 Å². The summed E-state index contributed by atoms with van der Waals surface area (Å²) < 4.78 is 6.62. The average molecular weight is 236 g/mol. The van der Waals surface area contributed by atoms with Gasteiger partial charge in [0.1, 0.15) is 17.1 Å². The first-order valence-corrected chi connectivity index (χ1v) is 5.68. The van der Waals surface area contributed by atoms with E-state index < -0.39 is 11.7 Å². The maximum Gasteiger partial charge on any atom is 0.420 e. The van der Waals surface area contributed by atoms with Crippen LogP contribution in [-0.2, 0) is 4.74 Å². The molecule has 0 bridgehead atoms. The number of hydrogen-bond acceptors (Lipinski definition) is 4. The Labute approximate surface area is 99.8 Å². The molecule has 0 aromatic carbocycles. The predicted molar refractivity (Wildman–Crippen MR) is 61.2 cm³/mol. The van der Waals surface area contributed by atoms with Crippen molar-refractivity contribution in [1.82, 2.24) is 9.55 Å². The van der Waals surface area contributed by atoms with Gasteiger partial charge in [-0.05, 0) is 33.6 Å². The van der Waals surface area contributed by atoms with Crippen LogP contribution in [0.25, 0.3) is 0 Å². The number of rotatable bonds is 2. The lowest BCUT2D eigenvalue weighted by Crippen LogP contribution is -2.27. The molecule has 5 nitrogen and oxygen atoms in total. The Morgan fingerprint density at radius 2 is 2.18 bits per heavy atom. The van der Waals surface area contributed by atoms with E-state index in [1.165, 1.54) is 10.8 Å². The first kappa shape index (κ1) is 11.8. The summed E-state index contributed by atoms with van der Waals surface area (Å²) in [5.74, 6) is 0.928. The van der Waals surface area contributed by atoms with Crippen LogP contribution >= 0.6 is 0 Å². The molecule has 0 aliphatic heterocycles. The third kappa shape index (κ3) is 2.72. The van der Waals surface area contributed by atoms with Crippen molar-refractivity contribution in [3.63, 3.8) is 0 Å². The maximum atomic E-state index is 11.9. The van der Waals surface area contributed by atoms with E-state index in [2.05, 4.69) is 4.98 Å². The fourth-order valence-electron chi connectivity index (χ4n) is 1.56. The molecular weight excluding hydrogens is 220 g/mol.